The molecule has 2 aliphatic heterocycles. The third-order valence-electron chi connectivity index (χ3n) is 10.9. The van der Waals surface area contributed by atoms with Crippen molar-refractivity contribution in [3.05, 3.63) is 205 Å². The summed E-state index contributed by atoms with van der Waals surface area (Å²) in [4.78, 5) is 17.3. The highest BCUT2D eigenvalue weighted by molar-refractivity contribution is 7.98. The highest BCUT2D eigenvalue weighted by atomic mass is 32.2. The van der Waals surface area contributed by atoms with Crippen LogP contribution in [0.5, 0.6) is 0 Å². The van der Waals surface area contributed by atoms with Crippen molar-refractivity contribution in [3.8, 4) is 11.1 Å². The number of halogens is 3. The summed E-state index contributed by atoms with van der Waals surface area (Å²) in [7, 11) is 0. The number of nitrogens with two attached hydrogens (primary N) is 2. The van der Waals surface area contributed by atoms with E-state index in [1.54, 1.807) is 60.7 Å². The van der Waals surface area contributed by atoms with Gasteiger partial charge in [0.2, 0.25) is 0 Å². The maximum absolute atomic E-state index is 12.7. The number of rotatable bonds is 12. The van der Waals surface area contributed by atoms with E-state index in [1.807, 2.05) is 61.0 Å². The molecule has 7 rings (SSSR count). The minimum Gasteiger partial charge on any atom is -0.370 e. The van der Waals surface area contributed by atoms with Crippen LogP contribution in [0.1, 0.15) is 54.3 Å². The fourth-order valence-corrected chi connectivity index (χ4v) is 7.92. The second-order valence-corrected chi connectivity index (χ2v) is 16.8. The molecule has 0 unspecified atom stereocenters. The van der Waals surface area contributed by atoms with E-state index in [4.69, 9.17) is 22.3 Å². The van der Waals surface area contributed by atoms with E-state index < -0.39 is 11.7 Å². The molecule has 4 aromatic carbocycles. The SMILES string of the molecule is C=C/C=C\N=C.C=CC=C.CC.CCc1cccc(-c2ccccc2)c1.CS.Cc1ncccc1CN1CCN(C(=N)N)CC1.N=C(N)N1CCN(Cc2ccccc2SCc2ccc(C(F)(F)F)cc2)CC1. The molecule has 15 heteroatoms. The second-order valence-electron chi connectivity index (χ2n) is 15.8. The molecule has 2 saturated heterocycles. The van der Waals surface area contributed by atoms with Gasteiger partial charge >= 0.3 is 6.18 Å². The summed E-state index contributed by atoms with van der Waals surface area (Å²) < 4.78 is 38.0. The number of piperazine rings is 2. The van der Waals surface area contributed by atoms with Gasteiger partial charge in [0.15, 0.2) is 11.9 Å². The largest absolute Gasteiger partial charge is 0.416 e. The van der Waals surface area contributed by atoms with Gasteiger partial charge in [0, 0.05) is 94.2 Å². The van der Waals surface area contributed by atoms with Gasteiger partial charge in [0.05, 0.1) is 5.56 Å². The Hall–Kier alpha value is -6.39. The first kappa shape index (κ1) is 64.6. The molecule has 3 heterocycles. The second kappa shape index (κ2) is 38.3. The van der Waals surface area contributed by atoms with E-state index in [0.717, 1.165) is 100 Å². The zero-order valence-electron chi connectivity index (χ0n) is 43.6. The zero-order valence-corrected chi connectivity index (χ0v) is 45.3. The van der Waals surface area contributed by atoms with Crippen LogP contribution in [0.2, 0.25) is 0 Å². The van der Waals surface area contributed by atoms with E-state index in [-0.39, 0.29) is 11.9 Å². The van der Waals surface area contributed by atoms with Crippen LogP contribution in [0.4, 0.5) is 13.2 Å². The Balaban J connectivity index is 0.000000507. The number of pyridine rings is 1. The van der Waals surface area contributed by atoms with Crippen LogP contribution in [0, 0.1) is 17.7 Å². The molecule has 0 bridgehead atoms. The topological polar surface area (TPSA) is 138 Å². The van der Waals surface area contributed by atoms with Gasteiger partial charge in [-0.05, 0) is 90.0 Å². The quantitative estimate of drug-likeness (QED) is 0.0274. The molecule has 2 aliphatic rings. The number of aryl methyl sites for hydroxylation is 2. The average molecular weight is 1040 g/mol. The number of thioether (sulfide) groups is 1. The first-order valence-corrected chi connectivity index (χ1v) is 26.1. The van der Waals surface area contributed by atoms with Crippen molar-refractivity contribution in [2.45, 2.75) is 64.0 Å². The van der Waals surface area contributed by atoms with Gasteiger partial charge in [-0.1, -0.05) is 150 Å². The third kappa shape index (κ3) is 26.2. The standard InChI is InChI=1S/C20H23F3N4S.C14H14.C12H19N5.C5H7N.C4H6.C2H6.CH4S/c21-20(22,23)17-7-5-15(6-8-17)14-28-18-4-2-1-3-16(18)13-26-9-11-27(12-10-26)19(24)25;1-2-12-7-6-10-14(11-12)13-8-4-3-5-9-13;1-10-11(3-2-4-15-10)9-16-5-7-17(8-6-16)12(13)14;1-3-4-5-6-2;1-3-4-2;2*1-2/h1-8H,9-14H2,(H3,24,25);3-11H,2H2,1H3;2-4H,5-9H2,1H3,(H3,13,14);3-5H,1-2H2;3-4H,1-2H2;1-2H3;2H,1H3/b;;;5-4-;;;. The number of hydrogen-bond donors (Lipinski definition) is 5. The van der Waals surface area contributed by atoms with Crippen molar-refractivity contribution in [1.29, 1.82) is 10.8 Å². The highest BCUT2D eigenvalue weighted by Gasteiger charge is 2.30. The lowest BCUT2D eigenvalue weighted by molar-refractivity contribution is -0.137. The molecule has 6 N–H and O–H groups in total. The molecule has 0 radical (unpaired) electrons. The highest BCUT2D eigenvalue weighted by Crippen LogP contribution is 2.31. The number of aliphatic imine (C=N–C) groups is 1. The maximum Gasteiger partial charge on any atom is 0.416 e. The first-order chi connectivity index (χ1) is 35.2. The van der Waals surface area contributed by atoms with E-state index in [1.165, 1.54) is 27.8 Å². The molecule has 5 aromatic rings. The Bertz CT molecular complexity index is 2340. The first-order valence-electron chi connectivity index (χ1n) is 24.2. The fraction of sp³-hybridized carbons (Fsp3) is 0.310. The molecular weight excluding hydrogens is 958 g/mol. The number of aromatic nitrogens is 1. The van der Waals surface area contributed by atoms with Crippen molar-refractivity contribution in [2.75, 3.05) is 58.6 Å². The molecule has 0 atom stereocenters. The number of guanidine groups is 2. The van der Waals surface area contributed by atoms with Gasteiger partial charge in [-0.25, -0.2) is 0 Å². The molecule has 10 nitrogen and oxygen atoms in total. The van der Waals surface area contributed by atoms with Crippen LogP contribution in [-0.2, 0) is 31.4 Å². The lowest BCUT2D eigenvalue weighted by atomic mass is 10.0. The van der Waals surface area contributed by atoms with Gasteiger partial charge in [-0.2, -0.15) is 25.8 Å². The number of nitrogens with one attached hydrogen (secondary N) is 2. The smallest absolute Gasteiger partial charge is 0.370 e. The summed E-state index contributed by atoms with van der Waals surface area (Å²) in [6.45, 7) is 30.1. The molecular formula is C58H79F3N10S2. The van der Waals surface area contributed by atoms with E-state index in [9.17, 15) is 13.2 Å². The van der Waals surface area contributed by atoms with Crippen molar-refractivity contribution in [2.24, 2.45) is 16.5 Å². The van der Waals surface area contributed by atoms with Crippen molar-refractivity contribution in [3.63, 3.8) is 0 Å². The van der Waals surface area contributed by atoms with Gasteiger partial charge in [-0.3, -0.25) is 30.6 Å². The predicted octanol–water partition coefficient (Wildman–Crippen LogP) is 12.6. The van der Waals surface area contributed by atoms with Crippen molar-refractivity contribution in [1.82, 2.24) is 24.6 Å². The zero-order chi connectivity index (χ0) is 54.4. The lowest BCUT2D eigenvalue weighted by Crippen LogP contribution is -2.50. The molecule has 0 saturated carbocycles. The Morgan fingerprint density at radius 1 is 0.685 bits per heavy atom. The van der Waals surface area contributed by atoms with Gasteiger partial charge in [0.1, 0.15) is 0 Å². The molecule has 2 fully saturated rings. The number of alkyl halides is 3. The van der Waals surface area contributed by atoms with Crippen LogP contribution < -0.4 is 11.5 Å². The molecule has 0 aliphatic carbocycles. The normalized spacial score (nSPS) is 13.1. The summed E-state index contributed by atoms with van der Waals surface area (Å²) in [6.07, 6.45) is 8.53. The van der Waals surface area contributed by atoms with Crippen LogP contribution in [-0.4, -0.2) is 102 Å². The van der Waals surface area contributed by atoms with Gasteiger partial charge in [-0.15, -0.1) is 11.8 Å². The molecule has 394 valence electrons. The molecule has 1 aromatic heterocycles. The lowest BCUT2D eigenvalue weighted by Gasteiger charge is -2.35. The van der Waals surface area contributed by atoms with Gasteiger partial charge < -0.3 is 21.3 Å². The number of allylic oxidation sites excluding steroid dienone is 4. The van der Waals surface area contributed by atoms with E-state index in [2.05, 4.69) is 133 Å². The Kier molecular flexibility index (Phi) is 33.9. The van der Waals surface area contributed by atoms with Crippen LogP contribution in [0.3, 0.4) is 0 Å². The summed E-state index contributed by atoms with van der Waals surface area (Å²) in [5.74, 6) is 0.919. The van der Waals surface area contributed by atoms with Crippen LogP contribution in [0.15, 0.2) is 182 Å². The van der Waals surface area contributed by atoms with Crippen LogP contribution >= 0.6 is 24.4 Å². The van der Waals surface area contributed by atoms with Crippen LogP contribution in [0.25, 0.3) is 11.1 Å². The summed E-state index contributed by atoms with van der Waals surface area (Å²) >= 11 is 5.16. The summed E-state index contributed by atoms with van der Waals surface area (Å²) in [5, 5.41) is 14.9. The minimum atomic E-state index is -4.30. The predicted molar refractivity (Wildman–Crippen MR) is 311 cm³/mol. The third-order valence-corrected chi connectivity index (χ3v) is 12.1. The molecule has 0 amide bonds. The Labute approximate surface area is 444 Å². The van der Waals surface area contributed by atoms with Gasteiger partial charge in [0.25, 0.3) is 0 Å². The maximum atomic E-state index is 12.7. The van der Waals surface area contributed by atoms with E-state index >= 15 is 0 Å². The Morgan fingerprint density at radius 2 is 1.19 bits per heavy atom. The number of benzene rings is 4. The summed E-state index contributed by atoms with van der Waals surface area (Å²) in [5.41, 5.74) is 18.8. The number of hydrogen-bond acceptors (Lipinski definition) is 8. The summed E-state index contributed by atoms with van der Waals surface area (Å²) in [6, 6.07) is 36.8. The molecule has 73 heavy (non-hydrogen) atoms. The van der Waals surface area contributed by atoms with Crippen molar-refractivity contribution >= 4 is 43.0 Å². The monoisotopic (exact) mass is 1040 g/mol. The van der Waals surface area contributed by atoms with E-state index in [0.29, 0.717) is 5.75 Å². The number of nitrogens with zero attached hydrogens (tertiary/aromatic N) is 6. The minimum absolute atomic E-state index is 0.118. The fourth-order valence-electron chi connectivity index (χ4n) is 6.91. The Morgan fingerprint density at radius 3 is 1.66 bits per heavy atom. The average Bonchev–Trinajstić information content (AvgIpc) is 3.43. The number of thiol groups is 1. The van der Waals surface area contributed by atoms with Crippen molar-refractivity contribution < 1.29 is 13.2 Å². The molecule has 0 spiro atoms.